The zero-order valence-electron chi connectivity index (χ0n) is 11.2. The van der Waals surface area contributed by atoms with Crippen LogP contribution < -0.4 is 15.8 Å². The highest BCUT2D eigenvalue weighted by Gasteiger charge is 2.38. The number of hydrazine groups is 1. The Kier molecular flexibility index (Phi) is 3.80. The van der Waals surface area contributed by atoms with Crippen LogP contribution in [-0.4, -0.2) is 5.11 Å². The molecule has 1 saturated heterocycles. The lowest BCUT2D eigenvalue weighted by Crippen LogP contribution is -2.45. The minimum absolute atomic E-state index is 0.468. The van der Waals surface area contributed by atoms with E-state index in [1.54, 1.807) is 17.1 Å². The molecule has 108 valence electrons. The van der Waals surface area contributed by atoms with Gasteiger partial charge in [-0.3, -0.25) is 0 Å². The molecule has 1 atom stereocenters. The fourth-order valence-corrected chi connectivity index (χ4v) is 2.93. The van der Waals surface area contributed by atoms with Gasteiger partial charge in [0.25, 0.3) is 0 Å². The maximum atomic E-state index is 6.08. The van der Waals surface area contributed by atoms with Gasteiger partial charge in [0.2, 0.25) is 0 Å². The molecule has 1 fully saturated rings. The smallest absolute Gasteiger partial charge is 0.190 e. The summed E-state index contributed by atoms with van der Waals surface area (Å²) >= 11 is 17.5. The van der Waals surface area contributed by atoms with Crippen LogP contribution in [-0.2, 0) is 5.66 Å². The minimum atomic E-state index is -0.468. The first kappa shape index (κ1) is 14.6. The Balaban J connectivity index is 1.93. The van der Waals surface area contributed by atoms with Gasteiger partial charge < -0.3 is 5.32 Å². The number of nitrogens with one attached hydrogen (secondary N) is 2. The minimum Gasteiger partial charge on any atom is -0.338 e. The Labute approximate surface area is 138 Å². The van der Waals surface area contributed by atoms with Gasteiger partial charge in [0, 0.05) is 0 Å². The first-order valence-electron chi connectivity index (χ1n) is 6.40. The number of nitrogens with zero attached hydrogens (tertiary/aromatic N) is 1. The van der Waals surface area contributed by atoms with Crippen LogP contribution in [0.3, 0.4) is 0 Å². The van der Waals surface area contributed by atoms with E-state index in [1.165, 1.54) is 0 Å². The van der Waals surface area contributed by atoms with Gasteiger partial charge in [0.05, 0.1) is 15.7 Å². The van der Waals surface area contributed by atoms with Crippen LogP contribution in [0.1, 0.15) is 12.5 Å². The summed E-state index contributed by atoms with van der Waals surface area (Å²) < 4.78 is 0. The maximum absolute atomic E-state index is 6.08. The lowest BCUT2D eigenvalue weighted by atomic mass is 10.0. The van der Waals surface area contributed by atoms with Crippen molar-refractivity contribution in [3.05, 3.63) is 64.1 Å². The van der Waals surface area contributed by atoms with Crippen molar-refractivity contribution in [3.8, 4) is 0 Å². The van der Waals surface area contributed by atoms with Crippen LogP contribution in [0.2, 0.25) is 10.0 Å². The third-order valence-electron chi connectivity index (χ3n) is 3.41. The second-order valence-corrected chi connectivity index (χ2v) is 6.17. The largest absolute Gasteiger partial charge is 0.338 e. The topological polar surface area (TPSA) is 27.3 Å². The van der Waals surface area contributed by atoms with Gasteiger partial charge in [-0.05, 0) is 42.9 Å². The highest BCUT2D eigenvalue weighted by Crippen LogP contribution is 2.30. The summed E-state index contributed by atoms with van der Waals surface area (Å²) in [6, 6.07) is 15.5. The average Bonchev–Trinajstić information content (AvgIpc) is 2.79. The molecule has 2 aromatic carbocycles. The number of thiocarbonyl (C=S) groups is 1. The molecule has 0 spiro atoms. The molecule has 0 saturated carbocycles. The third-order valence-corrected chi connectivity index (χ3v) is 4.43. The van der Waals surface area contributed by atoms with Crippen LogP contribution in [0.4, 0.5) is 5.69 Å². The van der Waals surface area contributed by atoms with Gasteiger partial charge in [-0.15, -0.1) is 0 Å². The summed E-state index contributed by atoms with van der Waals surface area (Å²) in [7, 11) is 0. The van der Waals surface area contributed by atoms with E-state index in [0.29, 0.717) is 15.2 Å². The Hall–Kier alpha value is -1.33. The average molecular weight is 338 g/mol. The predicted molar refractivity (Wildman–Crippen MR) is 91.6 cm³/mol. The van der Waals surface area contributed by atoms with Crippen molar-refractivity contribution in [3.63, 3.8) is 0 Å². The Morgan fingerprint density at radius 1 is 1.05 bits per heavy atom. The highest BCUT2D eigenvalue weighted by molar-refractivity contribution is 7.80. The molecule has 0 aliphatic carbocycles. The Morgan fingerprint density at radius 2 is 1.76 bits per heavy atom. The van der Waals surface area contributed by atoms with Crippen molar-refractivity contribution in [2.75, 3.05) is 5.01 Å². The number of rotatable bonds is 2. The van der Waals surface area contributed by atoms with Crippen molar-refractivity contribution in [2.24, 2.45) is 0 Å². The molecule has 1 aliphatic rings. The second kappa shape index (κ2) is 5.46. The summed E-state index contributed by atoms with van der Waals surface area (Å²) in [6.45, 7) is 2.03. The molecule has 21 heavy (non-hydrogen) atoms. The summed E-state index contributed by atoms with van der Waals surface area (Å²) in [6.07, 6.45) is 0. The number of hydrogen-bond donors (Lipinski definition) is 2. The van der Waals surface area contributed by atoms with Gasteiger partial charge in [-0.2, -0.15) is 5.43 Å². The van der Waals surface area contributed by atoms with Crippen molar-refractivity contribution in [1.29, 1.82) is 0 Å². The number of hydrogen-bond acceptors (Lipinski definition) is 2. The lowest BCUT2D eigenvalue weighted by Gasteiger charge is -2.26. The molecule has 0 aromatic heterocycles. The van der Waals surface area contributed by atoms with Crippen molar-refractivity contribution in [2.45, 2.75) is 12.6 Å². The molecule has 0 radical (unpaired) electrons. The van der Waals surface area contributed by atoms with Gasteiger partial charge >= 0.3 is 0 Å². The van der Waals surface area contributed by atoms with E-state index in [4.69, 9.17) is 35.4 Å². The Morgan fingerprint density at radius 3 is 2.43 bits per heavy atom. The Bertz CT molecular complexity index is 693. The normalized spacial score (nSPS) is 21.5. The summed E-state index contributed by atoms with van der Waals surface area (Å²) in [5.74, 6) is 0. The van der Waals surface area contributed by atoms with Crippen LogP contribution in [0.15, 0.2) is 48.5 Å². The lowest BCUT2D eigenvalue weighted by molar-refractivity contribution is 0.390. The number of halogens is 2. The van der Waals surface area contributed by atoms with Crippen LogP contribution in [0.5, 0.6) is 0 Å². The van der Waals surface area contributed by atoms with Crippen LogP contribution in [0, 0.1) is 0 Å². The standard InChI is InChI=1S/C15H13Cl2N3S/c1-15(10-5-3-2-4-6-10)18-14(21)20(19-15)11-7-8-12(16)13(17)9-11/h2-9,19H,1H3,(H,18,21). The van der Waals surface area contributed by atoms with E-state index in [0.717, 1.165) is 11.3 Å². The quantitative estimate of drug-likeness (QED) is 0.808. The van der Waals surface area contributed by atoms with Crippen molar-refractivity contribution >= 4 is 46.2 Å². The van der Waals surface area contributed by atoms with E-state index in [1.807, 2.05) is 43.3 Å². The fourth-order valence-electron chi connectivity index (χ4n) is 2.29. The summed E-state index contributed by atoms with van der Waals surface area (Å²) in [4.78, 5) is 0. The van der Waals surface area contributed by atoms with Crippen molar-refractivity contribution in [1.82, 2.24) is 10.7 Å². The molecule has 3 rings (SSSR count). The molecule has 0 amide bonds. The van der Waals surface area contributed by atoms with E-state index in [9.17, 15) is 0 Å². The molecule has 0 bridgehead atoms. The zero-order chi connectivity index (χ0) is 15.0. The van der Waals surface area contributed by atoms with Gasteiger partial charge in [-0.1, -0.05) is 53.5 Å². The molecule has 1 unspecified atom stereocenters. The van der Waals surface area contributed by atoms with E-state index in [-0.39, 0.29) is 0 Å². The number of benzene rings is 2. The SMILES string of the molecule is CC1(c2ccccc2)NC(=S)N(c2ccc(Cl)c(Cl)c2)N1. The maximum Gasteiger partial charge on any atom is 0.190 e. The molecular weight excluding hydrogens is 325 g/mol. The first-order valence-corrected chi connectivity index (χ1v) is 7.57. The number of anilines is 1. The molecule has 6 heteroatoms. The van der Waals surface area contributed by atoms with Crippen LogP contribution >= 0.6 is 35.4 Å². The molecule has 3 nitrogen and oxygen atoms in total. The monoisotopic (exact) mass is 337 g/mol. The molecule has 1 heterocycles. The fraction of sp³-hybridized carbons (Fsp3) is 0.133. The molecule has 2 aromatic rings. The van der Waals surface area contributed by atoms with E-state index >= 15 is 0 Å². The highest BCUT2D eigenvalue weighted by atomic mass is 35.5. The van der Waals surface area contributed by atoms with Gasteiger partial charge in [0.1, 0.15) is 5.66 Å². The van der Waals surface area contributed by atoms with Crippen LogP contribution in [0.25, 0.3) is 0 Å². The first-order chi connectivity index (χ1) is 9.99. The summed E-state index contributed by atoms with van der Waals surface area (Å²) in [5.41, 5.74) is 4.84. The second-order valence-electron chi connectivity index (χ2n) is 4.97. The summed E-state index contributed by atoms with van der Waals surface area (Å²) in [5, 5.41) is 6.69. The molecule has 1 aliphatic heterocycles. The van der Waals surface area contributed by atoms with E-state index in [2.05, 4.69) is 10.7 Å². The predicted octanol–water partition coefficient (Wildman–Crippen LogP) is 4.07. The zero-order valence-corrected chi connectivity index (χ0v) is 13.6. The van der Waals surface area contributed by atoms with Gasteiger partial charge in [0.15, 0.2) is 5.11 Å². The molecule has 2 N–H and O–H groups in total. The van der Waals surface area contributed by atoms with Gasteiger partial charge in [-0.25, -0.2) is 5.01 Å². The third kappa shape index (κ3) is 2.72. The van der Waals surface area contributed by atoms with E-state index < -0.39 is 5.66 Å². The van der Waals surface area contributed by atoms with Crippen molar-refractivity contribution < 1.29 is 0 Å². The molecular formula is C15H13Cl2N3S.